The van der Waals surface area contributed by atoms with Crippen molar-refractivity contribution in [3.63, 3.8) is 0 Å². The van der Waals surface area contributed by atoms with E-state index in [9.17, 15) is 4.79 Å². The van der Waals surface area contributed by atoms with E-state index >= 15 is 0 Å². The topological polar surface area (TPSA) is 42.4 Å². The maximum absolute atomic E-state index is 12.3. The fraction of sp³-hybridized carbons (Fsp3) is 0.294. The summed E-state index contributed by atoms with van der Waals surface area (Å²) in [5.41, 5.74) is 0.937. The van der Waals surface area contributed by atoms with Gasteiger partial charge in [0.2, 0.25) is 5.91 Å². The van der Waals surface area contributed by atoms with Crippen LogP contribution in [0.25, 0.3) is 0 Å². The monoisotopic (exact) mass is 316 g/mol. The Labute approximate surface area is 134 Å². The van der Waals surface area contributed by atoms with Crippen molar-refractivity contribution in [3.8, 4) is 5.75 Å². The lowest BCUT2D eigenvalue weighted by atomic mass is 10.2. The summed E-state index contributed by atoms with van der Waals surface area (Å²) >= 11 is 5.95. The Hall–Kier alpha value is -2.07. The minimum Gasteiger partial charge on any atom is -0.488 e. The van der Waals surface area contributed by atoms with Gasteiger partial charge in [0.1, 0.15) is 11.9 Å². The van der Waals surface area contributed by atoms with Gasteiger partial charge in [0.15, 0.2) is 0 Å². The van der Waals surface area contributed by atoms with Crippen molar-refractivity contribution < 1.29 is 9.53 Å². The first-order valence-electron chi connectivity index (χ1n) is 7.29. The molecule has 0 saturated carbocycles. The molecule has 114 valence electrons. The number of hydrogen-bond donors (Lipinski definition) is 0. The predicted octanol–water partition coefficient (Wildman–Crippen LogP) is 2.96. The zero-order chi connectivity index (χ0) is 15.4. The predicted molar refractivity (Wildman–Crippen MR) is 85.0 cm³/mol. The van der Waals surface area contributed by atoms with Crippen LogP contribution in [0.2, 0.25) is 5.02 Å². The molecule has 0 unspecified atom stereocenters. The van der Waals surface area contributed by atoms with Gasteiger partial charge >= 0.3 is 0 Å². The van der Waals surface area contributed by atoms with Crippen LogP contribution in [-0.4, -0.2) is 35.0 Å². The highest BCUT2D eigenvalue weighted by molar-refractivity contribution is 6.30. The van der Waals surface area contributed by atoms with E-state index in [0.29, 0.717) is 18.0 Å². The number of halogens is 1. The van der Waals surface area contributed by atoms with Gasteiger partial charge < -0.3 is 9.64 Å². The van der Waals surface area contributed by atoms with Gasteiger partial charge in [-0.1, -0.05) is 23.7 Å². The van der Waals surface area contributed by atoms with E-state index in [1.807, 2.05) is 35.2 Å². The SMILES string of the molecule is O=C(Cc1cccnc1)N1CC[C@@H](Oc2cccc(Cl)c2)C1. The number of amides is 1. The van der Waals surface area contributed by atoms with Gasteiger partial charge in [0.25, 0.3) is 0 Å². The molecule has 0 N–H and O–H groups in total. The van der Waals surface area contributed by atoms with Gasteiger partial charge in [0, 0.05) is 30.4 Å². The Kier molecular flexibility index (Phi) is 4.59. The third kappa shape index (κ3) is 3.77. The van der Waals surface area contributed by atoms with E-state index in [1.165, 1.54) is 0 Å². The lowest BCUT2D eigenvalue weighted by Crippen LogP contribution is -2.32. The first-order valence-corrected chi connectivity index (χ1v) is 7.67. The number of pyridine rings is 1. The number of nitrogens with zero attached hydrogens (tertiary/aromatic N) is 2. The van der Waals surface area contributed by atoms with Crippen molar-refractivity contribution in [2.75, 3.05) is 13.1 Å². The third-order valence-corrected chi connectivity index (χ3v) is 3.91. The molecule has 1 fully saturated rings. The minimum absolute atomic E-state index is 0.0244. The van der Waals surface area contributed by atoms with Crippen LogP contribution in [0.15, 0.2) is 48.8 Å². The molecule has 1 amide bonds. The molecule has 2 aromatic rings. The number of carbonyl (C=O) groups excluding carboxylic acids is 1. The number of rotatable bonds is 4. The maximum atomic E-state index is 12.3. The second kappa shape index (κ2) is 6.79. The van der Waals surface area contributed by atoms with Crippen LogP contribution in [0.3, 0.4) is 0 Å². The Balaban J connectivity index is 1.54. The fourth-order valence-corrected chi connectivity index (χ4v) is 2.75. The number of carbonyl (C=O) groups is 1. The highest BCUT2D eigenvalue weighted by Crippen LogP contribution is 2.22. The van der Waals surface area contributed by atoms with Crippen molar-refractivity contribution >= 4 is 17.5 Å². The molecule has 0 aliphatic carbocycles. The van der Waals surface area contributed by atoms with Crippen LogP contribution in [0.1, 0.15) is 12.0 Å². The standard InChI is InChI=1S/C17H17ClN2O2/c18-14-4-1-5-15(10-14)22-16-6-8-20(12-16)17(21)9-13-3-2-7-19-11-13/h1-5,7,10-11,16H,6,8-9,12H2/t16-/m1/s1. The largest absolute Gasteiger partial charge is 0.488 e. The summed E-state index contributed by atoms with van der Waals surface area (Å²) in [7, 11) is 0. The molecule has 1 aliphatic heterocycles. The van der Waals surface area contributed by atoms with Gasteiger partial charge in [-0.25, -0.2) is 0 Å². The van der Waals surface area contributed by atoms with Gasteiger partial charge in [-0.3, -0.25) is 9.78 Å². The van der Waals surface area contributed by atoms with Crippen LogP contribution in [0.5, 0.6) is 5.75 Å². The van der Waals surface area contributed by atoms with E-state index < -0.39 is 0 Å². The van der Waals surface area contributed by atoms with Gasteiger partial charge in [-0.2, -0.15) is 0 Å². The number of hydrogen-bond acceptors (Lipinski definition) is 3. The molecule has 1 saturated heterocycles. The van der Waals surface area contributed by atoms with Crippen molar-refractivity contribution in [2.24, 2.45) is 0 Å². The second-order valence-electron chi connectivity index (χ2n) is 5.36. The Morgan fingerprint density at radius 1 is 1.36 bits per heavy atom. The molecule has 0 bridgehead atoms. The van der Waals surface area contributed by atoms with Crippen LogP contribution < -0.4 is 4.74 Å². The van der Waals surface area contributed by atoms with E-state index in [4.69, 9.17) is 16.3 Å². The zero-order valence-electron chi connectivity index (χ0n) is 12.1. The summed E-state index contributed by atoms with van der Waals surface area (Å²) < 4.78 is 5.90. The second-order valence-corrected chi connectivity index (χ2v) is 5.80. The van der Waals surface area contributed by atoms with Crippen molar-refractivity contribution in [3.05, 3.63) is 59.4 Å². The molecule has 2 heterocycles. The Morgan fingerprint density at radius 2 is 2.27 bits per heavy atom. The summed E-state index contributed by atoms with van der Waals surface area (Å²) in [4.78, 5) is 18.2. The summed E-state index contributed by atoms with van der Waals surface area (Å²) in [5.74, 6) is 0.865. The van der Waals surface area contributed by atoms with Gasteiger partial charge in [-0.15, -0.1) is 0 Å². The quantitative estimate of drug-likeness (QED) is 0.871. The summed E-state index contributed by atoms with van der Waals surface area (Å²) in [6.07, 6.45) is 4.69. The van der Waals surface area contributed by atoms with Crippen molar-refractivity contribution in [1.82, 2.24) is 9.88 Å². The zero-order valence-corrected chi connectivity index (χ0v) is 12.9. The Bertz CT molecular complexity index is 648. The highest BCUT2D eigenvalue weighted by atomic mass is 35.5. The number of benzene rings is 1. The smallest absolute Gasteiger partial charge is 0.227 e. The molecule has 4 nitrogen and oxygen atoms in total. The molecule has 1 atom stereocenters. The number of likely N-dealkylation sites (tertiary alicyclic amines) is 1. The van der Waals surface area contributed by atoms with Crippen LogP contribution in [-0.2, 0) is 11.2 Å². The molecule has 0 radical (unpaired) electrons. The molecule has 22 heavy (non-hydrogen) atoms. The summed E-state index contributed by atoms with van der Waals surface area (Å²) in [6, 6.07) is 11.1. The summed E-state index contributed by atoms with van der Waals surface area (Å²) in [6.45, 7) is 1.34. The molecule has 5 heteroatoms. The molecule has 1 aromatic heterocycles. The van der Waals surface area contributed by atoms with Crippen molar-refractivity contribution in [2.45, 2.75) is 18.9 Å². The average molecular weight is 317 g/mol. The third-order valence-electron chi connectivity index (χ3n) is 3.67. The van der Waals surface area contributed by atoms with Crippen LogP contribution in [0, 0.1) is 0 Å². The van der Waals surface area contributed by atoms with E-state index in [0.717, 1.165) is 24.3 Å². The van der Waals surface area contributed by atoms with Gasteiger partial charge in [0.05, 0.1) is 13.0 Å². The molecule has 3 rings (SSSR count). The first kappa shape index (κ1) is 14.9. The Morgan fingerprint density at radius 3 is 3.05 bits per heavy atom. The number of ether oxygens (including phenoxy) is 1. The van der Waals surface area contributed by atoms with E-state index in [2.05, 4.69) is 4.98 Å². The van der Waals surface area contributed by atoms with Crippen LogP contribution >= 0.6 is 11.6 Å². The molecular formula is C17H17ClN2O2. The fourth-order valence-electron chi connectivity index (χ4n) is 2.57. The molecular weight excluding hydrogens is 300 g/mol. The normalized spacial score (nSPS) is 17.5. The molecule has 0 spiro atoms. The number of aromatic nitrogens is 1. The highest BCUT2D eigenvalue weighted by Gasteiger charge is 2.27. The van der Waals surface area contributed by atoms with E-state index in [-0.39, 0.29) is 12.0 Å². The van der Waals surface area contributed by atoms with Gasteiger partial charge in [-0.05, 0) is 29.8 Å². The van der Waals surface area contributed by atoms with E-state index in [1.54, 1.807) is 18.5 Å². The molecule has 1 aromatic carbocycles. The van der Waals surface area contributed by atoms with Crippen LogP contribution in [0.4, 0.5) is 0 Å². The lowest BCUT2D eigenvalue weighted by Gasteiger charge is -2.17. The summed E-state index contributed by atoms with van der Waals surface area (Å²) in [5, 5.41) is 0.653. The molecule has 1 aliphatic rings. The minimum atomic E-state index is 0.0244. The lowest BCUT2D eigenvalue weighted by molar-refractivity contribution is -0.129. The average Bonchev–Trinajstić information content (AvgIpc) is 2.97. The first-order chi connectivity index (χ1) is 10.7. The van der Waals surface area contributed by atoms with Crippen molar-refractivity contribution in [1.29, 1.82) is 0 Å². The maximum Gasteiger partial charge on any atom is 0.227 e.